The number of nitrogens with one attached hydrogen (secondary N) is 1. The summed E-state index contributed by atoms with van der Waals surface area (Å²) < 4.78 is 0. The summed E-state index contributed by atoms with van der Waals surface area (Å²) in [4.78, 5) is 23.8. The molecule has 0 saturated heterocycles. The van der Waals surface area contributed by atoms with E-state index in [1.165, 1.54) is 25.7 Å². The lowest BCUT2D eigenvalue weighted by Crippen LogP contribution is -2.40. The molecule has 1 fully saturated rings. The molecule has 0 radical (unpaired) electrons. The predicted molar refractivity (Wildman–Crippen MR) is 74.0 cm³/mol. The van der Waals surface area contributed by atoms with Crippen LogP contribution in [-0.2, 0) is 4.79 Å². The minimum Gasteiger partial charge on any atom is -0.481 e. The fourth-order valence-electron chi connectivity index (χ4n) is 2.68. The van der Waals surface area contributed by atoms with E-state index < -0.39 is 5.97 Å². The average molecular weight is 270 g/mol. The van der Waals surface area contributed by atoms with E-state index in [0.717, 1.165) is 12.5 Å². The first-order valence-corrected chi connectivity index (χ1v) is 7.19. The number of aliphatic carboxylic acids is 1. The average Bonchev–Trinajstić information content (AvgIpc) is 2.35. The molecule has 2 amide bonds. The van der Waals surface area contributed by atoms with Crippen LogP contribution < -0.4 is 5.32 Å². The molecule has 1 aliphatic carbocycles. The van der Waals surface area contributed by atoms with Crippen LogP contribution in [0.25, 0.3) is 0 Å². The van der Waals surface area contributed by atoms with Crippen molar-refractivity contribution in [3.8, 4) is 0 Å². The van der Waals surface area contributed by atoms with Crippen LogP contribution in [0.2, 0.25) is 0 Å². The molecule has 110 valence electrons. The van der Waals surface area contributed by atoms with E-state index in [9.17, 15) is 9.59 Å². The van der Waals surface area contributed by atoms with Gasteiger partial charge < -0.3 is 15.3 Å². The summed E-state index contributed by atoms with van der Waals surface area (Å²) in [6.07, 6.45) is 5.57. The maximum Gasteiger partial charge on any atom is 0.317 e. The second kappa shape index (κ2) is 8.02. The van der Waals surface area contributed by atoms with Gasteiger partial charge in [-0.25, -0.2) is 4.79 Å². The number of nitrogens with zero attached hydrogens (tertiary/aromatic N) is 1. The fourth-order valence-corrected chi connectivity index (χ4v) is 2.68. The van der Waals surface area contributed by atoms with Crippen LogP contribution >= 0.6 is 0 Å². The van der Waals surface area contributed by atoms with E-state index in [1.54, 1.807) is 11.9 Å². The van der Waals surface area contributed by atoms with E-state index in [0.29, 0.717) is 18.9 Å². The third-order valence-corrected chi connectivity index (χ3v) is 3.82. The predicted octanol–water partition coefficient (Wildman–Crippen LogP) is 2.32. The molecule has 5 heteroatoms. The fraction of sp³-hybridized carbons (Fsp3) is 0.857. The van der Waals surface area contributed by atoms with Crippen molar-refractivity contribution in [2.45, 2.75) is 45.4 Å². The number of amides is 2. The summed E-state index contributed by atoms with van der Waals surface area (Å²) in [6, 6.07) is -0.0939. The molecule has 2 unspecified atom stereocenters. The molecule has 0 aromatic heterocycles. The molecule has 0 bridgehead atoms. The van der Waals surface area contributed by atoms with Crippen molar-refractivity contribution in [3.05, 3.63) is 0 Å². The number of carbonyl (C=O) groups is 2. The minimum absolute atomic E-state index is 0.0939. The maximum atomic E-state index is 11.8. The second-order valence-corrected chi connectivity index (χ2v) is 5.74. The van der Waals surface area contributed by atoms with Gasteiger partial charge in [0.25, 0.3) is 0 Å². The van der Waals surface area contributed by atoms with Gasteiger partial charge in [-0.05, 0) is 31.1 Å². The Hall–Kier alpha value is -1.26. The summed E-state index contributed by atoms with van der Waals surface area (Å²) in [6.45, 7) is 3.50. The Balaban J connectivity index is 2.17. The lowest BCUT2D eigenvalue weighted by molar-refractivity contribution is -0.137. The number of carboxylic acids is 1. The summed E-state index contributed by atoms with van der Waals surface area (Å²) >= 11 is 0. The molecule has 0 spiro atoms. The number of urea groups is 1. The van der Waals surface area contributed by atoms with Crippen LogP contribution in [0, 0.1) is 11.8 Å². The first-order chi connectivity index (χ1) is 8.99. The van der Waals surface area contributed by atoms with Gasteiger partial charge in [-0.2, -0.15) is 0 Å². The lowest BCUT2D eigenvalue weighted by atomic mass is 9.82. The zero-order valence-corrected chi connectivity index (χ0v) is 12.0. The van der Waals surface area contributed by atoms with Gasteiger partial charge in [0.1, 0.15) is 0 Å². The maximum absolute atomic E-state index is 11.8. The van der Waals surface area contributed by atoms with Gasteiger partial charge in [0.05, 0.1) is 0 Å². The van der Waals surface area contributed by atoms with Gasteiger partial charge in [0.15, 0.2) is 0 Å². The first kappa shape index (κ1) is 15.8. The number of hydrogen-bond donors (Lipinski definition) is 2. The quantitative estimate of drug-likeness (QED) is 0.778. The van der Waals surface area contributed by atoms with Crippen molar-refractivity contribution < 1.29 is 14.7 Å². The van der Waals surface area contributed by atoms with Gasteiger partial charge in [0, 0.05) is 26.6 Å². The molecule has 1 saturated carbocycles. The van der Waals surface area contributed by atoms with Gasteiger partial charge in [-0.15, -0.1) is 0 Å². The standard InChI is InChI=1S/C14H26N2O3/c1-11-5-3-6-12(9-11)10-15-14(19)16(2)8-4-7-13(17)18/h11-12H,3-10H2,1-2H3,(H,15,19)(H,17,18). The Kier molecular flexibility index (Phi) is 6.67. The lowest BCUT2D eigenvalue weighted by Gasteiger charge is -2.27. The minimum atomic E-state index is -0.815. The molecule has 0 aromatic rings. The molecular weight excluding hydrogens is 244 g/mol. The number of rotatable bonds is 6. The molecule has 0 aliphatic heterocycles. The van der Waals surface area contributed by atoms with Crippen LogP contribution in [0.15, 0.2) is 0 Å². The third kappa shape index (κ3) is 6.45. The Labute approximate surface area is 115 Å². The van der Waals surface area contributed by atoms with Crippen LogP contribution in [0.1, 0.15) is 45.4 Å². The highest BCUT2D eigenvalue weighted by molar-refractivity contribution is 5.73. The Bertz CT molecular complexity index is 307. The molecule has 1 aliphatic rings. The largest absolute Gasteiger partial charge is 0.481 e. The summed E-state index contributed by atoms with van der Waals surface area (Å²) in [5, 5.41) is 11.5. The van der Waals surface area contributed by atoms with Crippen LogP contribution in [-0.4, -0.2) is 42.1 Å². The van der Waals surface area contributed by atoms with Crippen molar-refractivity contribution in [1.82, 2.24) is 10.2 Å². The normalized spacial score (nSPS) is 22.8. The van der Waals surface area contributed by atoms with Crippen LogP contribution in [0.3, 0.4) is 0 Å². The molecular formula is C14H26N2O3. The number of hydrogen-bond acceptors (Lipinski definition) is 2. The van der Waals surface area contributed by atoms with E-state index in [2.05, 4.69) is 12.2 Å². The molecule has 2 N–H and O–H groups in total. The van der Waals surface area contributed by atoms with Gasteiger partial charge in [0.2, 0.25) is 0 Å². The van der Waals surface area contributed by atoms with Gasteiger partial charge in [-0.1, -0.05) is 19.8 Å². The SMILES string of the molecule is CC1CCCC(CNC(=O)N(C)CCCC(=O)O)C1. The molecule has 0 heterocycles. The number of carbonyl (C=O) groups excluding carboxylic acids is 1. The molecule has 2 atom stereocenters. The highest BCUT2D eigenvalue weighted by atomic mass is 16.4. The Morgan fingerprint density at radius 1 is 1.37 bits per heavy atom. The van der Waals surface area contributed by atoms with Crippen molar-refractivity contribution >= 4 is 12.0 Å². The Morgan fingerprint density at radius 2 is 2.11 bits per heavy atom. The molecule has 19 heavy (non-hydrogen) atoms. The molecule has 0 aromatic carbocycles. The van der Waals surface area contributed by atoms with Crippen LogP contribution in [0.4, 0.5) is 4.79 Å². The summed E-state index contributed by atoms with van der Waals surface area (Å²) in [5.41, 5.74) is 0. The second-order valence-electron chi connectivity index (χ2n) is 5.74. The van der Waals surface area contributed by atoms with E-state index in [-0.39, 0.29) is 12.5 Å². The van der Waals surface area contributed by atoms with E-state index in [1.807, 2.05) is 0 Å². The van der Waals surface area contributed by atoms with Crippen LogP contribution in [0.5, 0.6) is 0 Å². The Morgan fingerprint density at radius 3 is 2.74 bits per heavy atom. The molecule has 1 rings (SSSR count). The molecule has 5 nitrogen and oxygen atoms in total. The van der Waals surface area contributed by atoms with E-state index >= 15 is 0 Å². The summed E-state index contributed by atoms with van der Waals surface area (Å²) in [5.74, 6) is 0.550. The van der Waals surface area contributed by atoms with Crippen molar-refractivity contribution in [1.29, 1.82) is 0 Å². The van der Waals surface area contributed by atoms with Crippen molar-refractivity contribution in [2.24, 2.45) is 11.8 Å². The van der Waals surface area contributed by atoms with Gasteiger partial charge >= 0.3 is 12.0 Å². The zero-order valence-electron chi connectivity index (χ0n) is 12.0. The highest BCUT2D eigenvalue weighted by Crippen LogP contribution is 2.27. The third-order valence-electron chi connectivity index (χ3n) is 3.82. The van der Waals surface area contributed by atoms with Crippen molar-refractivity contribution in [2.75, 3.05) is 20.1 Å². The zero-order chi connectivity index (χ0) is 14.3. The van der Waals surface area contributed by atoms with Crippen molar-refractivity contribution in [3.63, 3.8) is 0 Å². The van der Waals surface area contributed by atoms with Gasteiger partial charge in [-0.3, -0.25) is 4.79 Å². The highest BCUT2D eigenvalue weighted by Gasteiger charge is 2.19. The van der Waals surface area contributed by atoms with E-state index in [4.69, 9.17) is 5.11 Å². The topological polar surface area (TPSA) is 69.6 Å². The summed E-state index contributed by atoms with van der Waals surface area (Å²) in [7, 11) is 1.71. The smallest absolute Gasteiger partial charge is 0.317 e. The first-order valence-electron chi connectivity index (χ1n) is 7.19. The number of carboxylic acid groups (broad SMARTS) is 1. The monoisotopic (exact) mass is 270 g/mol.